The predicted molar refractivity (Wildman–Crippen MR) is 159 cm³/mol. The van der Waals surface area contributed by atoms with Crippen LogP contribution in [-0.4, -0.2) is 41.8 Å². The van der Waals surface area contributed by atoms with Crippen molar-refractivity contribution in [2.24, 2.45) is 0 Å². The fraction of sp³-hybridized carbons (Fsp3) is 0.500. The van der Waals surface area contributed by atoms with Crippen LogP contribution in [0.2, 0.25) is 0 Å². The molecule has 0 atom stereocenters. The van der Waals surface area contributed by atoms with Crippen molar-refractivity contribution in [2.45, 2.75) is 90.7 Å². The predicted octanol–water partition coefficient (Wildman–Crippen LogP) is 6.93. The van der Waals surface area contributed by atoms with Crippen LogP contribution < -0.4 is 10.1 Å². The Balaban J connectivity index is 1.93. The highest BCUT2D eigenvalue weighted by atomic mass is 32.1. The van der Waals surface area contributed by atoms with Crippen LogP contribution >= 0.6 is 11.3 Å². The van der Waals surface area contributed by atoms with Gasteiger partial charge in [-0.25, -0.2) is 4.79 Å². The Morgan fingerprint density at radius 2 is 1.62 bits per heavy atom. The summed E-state index contributed by atoms with van der Waals surface area (Å²) in [5.74, 6) is -0.0186. The average Bonchev–Trinajstić information content (AvgIpc) is 3.36. The van der Waals surface area contributed by atoms with Crippen LogP contribution in [0.4, 0.5) is 0 Å². The molecule has 2 aromatic carbocycles. The third kappa shape index (κ3) is 6.30. The molecule has 0 unspecified atom stereocenters. The number of benzene rings is 2. The zero-order chi connectivity index (χ0) is 29.0. The molecule has 0 saturated carbocycles. The van der Waals surface area contributed by atoms with Gasteiger partial charge < -0.3 is 19.9 Å². The lowest BCUT2D eigenvalue weighted by atomic mass is 9.74. The SMILES string of the molecule is CCC(O)(CC)COc1ccc(C(CC)(CC)c2cc3ccc(C(=O)NC(C)(C)C(=O)OC)cc3s2)cc1C. The summed E-state index contributed by atoms with van der Waals surface area (Å²) < 4.78 is 11.9. The lowest BCUT2D eigenvalue weighted by molar-refractivity contribution is -0.146. The molecule has 1 amide bonds. The molecule has 7 heteroatoms. The summed E-state index contributed by atoms with van der Waals surface area (Å²) in [6, 6.07) is 14.3. The highest BCUT2D eigenvalue weighted by Gasteiger charge is 2.34. The van der Waals surface area contributed by atoms with E-state index < -0.39 is 17.1 Å². The maximum Gasteiger partial charge on any atom is 0.330 e. The van der Waals surface area contributed by atoms with Crippen LogP contribution in [0.1, 0.15) is 93.6 Å². The summed E-state index contributed by atoms with van der Waals surface area (Å²) in [6.07, 6.45) is 3.13. The third-order valence-electron chi connectivity index (χ3n) is 8.12. The van der Waals surface area contributed by atoms with E-state index in [1.807, 2.05) is 32.0 Å². The highest BCUT2D eigenvalue weighted by Crippen LogP contribution is 2.45. The van der Waals surface area contributed by atoms with Gasteiger partial charge in [0.25, 0.3) is 5.91 Å². The number of aliphatic hydroxyl groups is 1. The number of aryl methyl sites for hydroxylation is 1. The van der Waals surface area contributed by atoms with Gasteiger partial charge in [0, 0.05) is 20.6 Å². The van der Waals surface area contributed by atoms with Crippen LogP contribution in [0, 0.1) is 6.92 Å². The summed E-state index contributed by atoms with van der Waals surface area (Å²) in [5, 5.41) is 14.5. The third-order valence-corrected chi connectivity index (χ3v) is 9.42. The quantitative estimate of drug-likeness (QED) is 0.238. The lowest BCUT2D eigenvalue weighted by Gasteiger charge is -2.32. The first-order valence-electron chi connectivity index (χ1n) is 13.8. The van der Waals surface area contributed by atoms with Gasteiger partial charge in [0.2, 0.25) is 0 Å². The summed E-state index contributed by atoms with van der Waals surface area (Å²) in [7, 11) is 1.31. The van der Waals surface area contributed by atoms with Crippen LogP contribution in [0.3, 0.4) is 0 Å². The normalized spacial score (nSPS) is 12.4. The Kier molecular flexibility index (Phi) is 9.50. The maximum atomic E-state index is 12.9. The van der Waals surface area contributed by atoms with Gasteiger partial charge in [-0.2, -0.15) is 0 Å². The molecule has 1 heterocycles. The fourth-order valence-electron chi connectivity index (χ4n) is 4.99. The van der Waals surface area contributed by atoms with Gasteiger partial charge >= 0.3 is 5.97 Å². The van der Waals surface area contributed by atoms with E-state index in [2.05, 4.69) is 44.3 Å². The molecule has 0 aliphatic rings. The molecule has 212 valence electrons. The van der Waals surface area contributed by atoms with E-state index in [9.17, 15) is 14.7 Å². The first-order valence-corrected chi connectivity index (χ1v) is 14.6. The van der Waals surface area contributed by atoms with Crippen molar-refractivity contribution >= 4 is 33.3 Å². The number of ether oxygens (including phenoxy) is 2. The van der Waals surface area contributed by atoms with Gasteiger partial charge in [-0.1, -0.05) is 45.9 Å². The number of esters is 1. The second-order valence-corrected chi connectivity index (χ2v) is 12.0. The van der Waals surface area contributed by atoms with Gasteiger partial charge in [-0.15, -0.1) is 11.3 Å². The van der Waals surface area contributed by atoms with E-state index in [1.165, 1.54) is 17.6 Å². The topological polar surface area (TPSA) is 84.9 Å². The molecule has 0 radical (unpaired) electrons. The first kappa shape index (κ1) is 30.6. The van der Waals surface area contributed by atoms with Gasteiger partial charge in [-0.3, -0.25) is 4.79 Å². The Labute approximate surface area is 236 Å². The molecule has 1 aromatic heterocycles. The molecule has 39 heavy (non-hydrogen) atoms. The van der Waals surface area contributed by atoms with Crippen molar-refractivity contribution < 1.29 is 24.2 Å². The summed E-state index contributed by atoms with van der Waals surface area (Å²) in [4.78, 5) is 26.2. The molecule has 6 nitrogen and oxygen atoms in total. The van der Waals surface area contributed by atoms with Gasteiger partial charge in [0.05, 0.1) is 12.7 Å². The number of amides is 1. The van der Waals surface area contributed by atoms with Gasteiger partial charge in [-0.05, 0) is 87.2 Å². The van der Waals surface area contributed by atoms with E-state index in [0.717, 1.165) is 34.2 Å². The van der Waals surface area contributed by atoms with Crippen LogP contribution in [-0.2, 0) is 14.9 Å². The summed E-state index contributed by atoms with van der Waals surface area (Å²) in [5.41, 5.74) is 0.646. The van der Waals surface area contributed by atoms with E-state index >= 15 is 0 Å². The summed E-state index contributed by atoms with van der Waals surface area (Å²) >= 11 is 1.70. The smallest absolute Gasteiger partial charge is 0.330 e. The Bertz CT molecular complexity index is 1320. The molecule has 0 aliphatic carbocycles. The first-order chi connectivity index (χ1) is 18.4. The van der Waals surface area contributed by atoms with Gasteiger partial charge in [0.1, 0.15) is 17.9 Å². The largest absolute Gasteiger partial charge is 0.490 e. The number of hydrogen-bond donors (Lipinski definition) is 2. The van der Waals surface area contributed by atoms with Crippen LogP contribution in [0.5, 0.6) is 5.75 Å². The minimum absolute atomic E-state index is 0.185. The molecule has 0 aliphatic heterocycles. The number of thiophene rings is 1. The van der Waals surface area contributed by atoms with Crippen molar-refractivity contribution in [1.29, 1.82) is 0 Å². The van der Waals surface area contributed by atoms with Crippen LogP contribution in [0.15, 0.2) is 42.5 Å². The lowest BCUT2D eigenvalue weighted by Crippen LogP contribution is -2.50. The Morgan fingerprint density at radius 1 is 0.949 bits per heavy atom. The molecule has 0 fully saturated rings. The number of hydrogen-bond acceptors (Lipinski definition) is 6. The number of rotatable bonds is 12. The van der Waals surface area contributed by atoms with Crippen molar-refractivity contribution in [2.75, 3.05) is 13.7 Å². The van der Waals surface area contributed by atoms with E-state index in [1.54, 1.807) is 31.3 Å². The average molecular weight is 554 g/mol. The molecular weight excluding hydrogens is 510 g/mol. The van der Waals surface area contributed by atoms with Crippen molar-refractivity contribution in [3.63, 3.8) is 0 Å². The Hall–Kier alpha value is -2.90. The zero-order valence-electron chi connectivity index (χ0n) is 24.6. The second kappa shape index (κ2) is 12.1. The van der Waals surface area contributed by atoms with Crippen LogP contribution in [0.25, 0.3) is 10.1 Å². The number of nitrogens with one attached hydrogen (secondary N) is 1. The molecule has 3 aromatic rings. The summed E-state index contributed by atoms with van der Waals surface area (Å²) in [6.45, 7) is 14.0. The van der Waals surface area contributed by atoms with E-state index in [-0.39, 0.29) is 17.9 Å². The number of carbonyl (C=O) groups excluding carboxylic acids is 2. The van der Waals surface area contributed by atoms with E-state index in [0.29, 0.717) is 18.4 Å². The maximum absolute atomic E-state index is 12.9. The standard InChI is InChI=1S/C32H43NO5S/c1-9-31(36,10-2)20-38-25-16-15-24(17-21(25)5)32(11-3,12-4)27-19-22-13-14-23(18-26(22)39-27)28(34)33-30(6,7)29(35)37-8/h13-19,36H,9-12,20H2,1-8H3,(H,33,34). The molecule has 0 bridgehead atoms. The monoisotopic (exact) mass is 553 g/mol. The molecular formula is C32H43NO5S. The van der Waals surface area contributed by atoms with E-state index in [4.69, 9.17) is 9.47 Å². The van der Waals surface area contributed by atoms with Crippen molar-refractivity contribution in [3.05, 3.63) is 64.0 Å². The molecule has 2 N–H and O–H groups in total. The molecule has 0 spiro atoms. The zero-order valence-corrected chi connectivity index (χ0v) is 25.4. The highest BCUT2D eigenvalue weighted by molar-refractivity contribution is 7.19. The number of methoxy groups -OCH3 is 1. The van der Waals surface area contributed by atoms with Crippen molar-refractivity contribution in [1.82, 2.24) is 5.32 Å². The number of carbonyl (C=O) groups is 2. The Morgan fingerprint density at radius 3 is 2.18 bits per heavy atom. The molecule has 3 rings (SSSR count). The molecule has 0 saturated heterocycles. The fourth-order valence-corrected chi connectivity index (χ4v) is 6.45. The number of fused-ring (bicyclic) bond motifs is 1. The van der Waals surface area contributed by atoms with Crippen molar-refractivity contribution in [3.8, 4) is 5.75 Å². The second-order valence-electron chi connectivity index (χ2n) is 10.9. The minimum atomic E-state index is -1.12. The van der Waals surface area contributed by atoms with Gasteiger partial charge in [0.15, 0.2) is 0 Å². The minimum Gasteiger partial charge on any atom is -0.490 e.